The number of anilines is 1. The number of methoxy groups -OCH3 is 1. The van der Waals surface area contributed by atoms with Crippen LogP contribution in [0.4, 0.5) is 5.69 Å². The molecule has 2 nitrogen and oxygen atoms in total. The highest BCUT2D eigenvalue weighted by atomic mass is 35.5. The third kappa shape index (κ3) is 2.84. The zero-order valence-corrected chi connectivity index (χ0v) is 9.88. The van der Waals surface area contributed by atoms with E-state index in [9.17, 15) is 0 Å². The number of benzene rings is 1. The normalized spacial score (nSPS) is 10.0. The Morgan fingerprint density at radius 2 is 2.07 bits per heavy atom. The average Bonchev–Trinajstić information content (AvgIpc) is 2.14. The predicted molar refractivity (Wildman–Crippen MR) is 62.2 cm³/mol. The molecule has 0 aliphatic rings. The SMILES string of the molecule is COc1c(Cl)cc(Cl)cc1NCCCl. The van der Waals surface area contributed by atoms with Crippen molar-refractivity contribution in [1.29, 1.82) is 0 Å². The molecular formula is C9H10Cl3NO. The van der Waals surface area contributed by atoms with Crippen molar-refractivity contribution >= 4 is 40.5 Å². The molecule has 0 unspecified atom stereocenters. The lowest BCUT2D eigenvalue weighted by Crippen LogP contribution is -2.04. The van der Waals surface area contributed by atoms with E-state index in [0.29, 0.717) is 28.2 Å². The standard InChI is InChI=1S/C9H10Cl3NO/c1-14-9-7(12)4-6(11)5-8(9)13-3-2-10/h4-5,13H,2-3H2,1H3. The van der Waals surface area contributed by atoms with Crippen LogP contribution in [-0.4, -0.2) is 19.5 Å². The number of hydrogen-bond acceptors (Lipinski definition) is 2. The fraction of sp³-hybridized carbons (Fsp3) is 0.333. The van der Waals surface area contributed by atoms with Gasteiger partial charge >= 0.3 is 0 Å². The molecule has 1 rings (SSSR count). The van der Waals surface area contributed by atoms with Gasteiger partial charge in [-0.3, -0.25) is 0 Å². The van der Waals surface area contributed by atoms with Gasteiger partial charge in [-0.05, 0) is 12.1 Å². The van der Waals surface area contributed by atoms with Gasteiger partial charge < -0.3 is 10.1 Å². The lowest BCUT2D eigenvalue weighted by atomic mass is 10.3. The van der Waals surface area contributed by atoms with Crippen LogP contribution in [0.2, 0.25) is 10.0 Å². The summed E-state index contributed by atoms with van der Waals surface area (Å²) in [4.78, 5) is 0. The third-order valence-corrected chi connectivity index (χ3v) is 2.31. The third-order valence-electron chi connectivity index (χ3n) is 1.62. The summed E-state index contributed by atoms with van der Waals surface area (Å²) in [6.45, 7) is 0.634. The Balaban J connectivity index is 2.99. The van der Waals surface area contributed by atoms with Crippen LogP contribution in [0.1, 0.15) is 0 Å². The van der Waals surface area contributed by atoms with Gasteiger partial charge in [0.25, 0.3) is 0 Å². The first kappa shape index (κ1) is 11.8. The van der Waals surface area contributed by atoms with Crippen molar-refractivity contribution in [3.63, 3.8) is 0 Å². The van der Waals surface area contributed by atoms with Gasteiger partial charge in [0.1, 0.15) is 0 Å². The van der Waals surface area contributed by atoms with Gasteiger partial charge in [0, 0.05) is 17.4 Å². The molecule has 0 amide bonds. The Kier molecular flexibility index (Phi) is 4.66. The molecule has 14 heavy (non-hydrogen) atoms. The van der Waals surface area contributed by atoms with E-state index in [1.54, 1.807) is 19.2 Å². The van der Waals surface area contributed by atoms with Crippen molar-refractivity contribution in [1.82, 2.24) is 0 Å². The Bertz CT molecular complexity index is 317. The van der Waals surface area contributed by atoms with Crippen molar-refractivity contribution in [2.75, 3.05) is 24.9 Å². The highest BCUT2D eigenvalue weighted by Crippen LogP contribution is 2.35. The highest BCUT2D eigenvalue weighted by Gasteiger charge is 2.08. The average molecular weight is 255 g/mol. The summed E-state index contributed by atoms with van der Waals surface area (Å²) in [6, 6.07) is 3.38. The largest absolute Gasteiger partial charge is 0.493 e. The van der Waals surface area contributed by atoms with Crippen molar-refractivity contribution < 1.29 is 4.74 Å². The van der Waals surface area contributed by atoms with Gasteiger partial charge in [-0.15, -0.1) is 11.6 Å². The molecule has 1 aromatic rings. The molecule has 0 saturated carbocycles. The van der Waals surface area contributed by atoms with Crippen LogP contribution >= 0.6 is 34.8 Å². The molecule has 1 N–H and O–H groups in total. The fourth-order valence-corrected chi connectivity index (χ4v) is 1.75. The van der Waals surface area contributed by atoms with E-state index in [0.717, 1.165) is 5.69 Å². The molecule has 0 bridgehead atoms. The first-order valence-corrected chi connectivity index (χ1v) is 5.31. The van der Waals surface area contributed by atoms with Crippen LogP contribution in [0.15, 0.2) is 12.1 Å². The lowest BCUT2D eigenvalue weighted by Gasteiger charge is -2.11. The number of hydrogen-bond donors (Lipinski definition) is 1. The summed E-state index contributed by atoms with van der Waals surface area (Å²) in [5.41, 5.74) is 0.755. The molecule has 0 radical (unpaired) electrons. The van der Waals surface area contributed by atoms with E-state index in [2.05, 4.69) is 5.32 Å². The van der Waals surface area contributed by atoms with Gasteiger partial charge in [0.2, 0.25) is 0 Å². The Hall–Kier alpha value is -0.310. The van der Waals surface area contributed by atoms with Crippen LogP contribution in [0.25, 0.3) is 0 Å². The molecule has 0 spiro atoms. The summed E-state index contributed by atoms with van der Waals surface area (Å²) in [7, 11) is 1.56. The molecule has 0 aliphatic carbocycles. The molecule has 0 aromatic heterocycles. The van der Waals surface area contributed by atoms with Crippen molar-refractivity contribution in [3.05, 3.63) is 22.2 Å². The monoisotopic (exact) mass is 253 g/mol. The summed E-state index contributed by atoms with van der Waals surface area (Å²) >= 11 is 17.3. The first-order chi connectivity index (χ1) is 6.69. The van der Waals surface area contributed by atoms with Crippen molar-refractivity contribution in [2.24, 2.45) is 0 Å². The number of rotatable bonds is 4. The van der Waals surface area contributed by atoms with E-state index in [1.807, 2.05) is 0 Å². The van der Waals surface area contributed by atoms with E-state index < -0.39 is 0 Å². The van der Waals surface area contributed by atoms with Gasteiger partial charge in [-0.1, -0.05) is 23.2 Å². The zero-order valence-electron chi connectivity index (χ0n) is 7.61. The minimum Gasteiger partial charge on any atom is -0.493 e. The minimum atomic E-state index is 0.483. The molecule has 0 saturated heterocycles. The second kappa shape index (κ2) is 5.54. The molecular weight excluding hydrogens is 244 g/mol. The molecule has 0 aliphatic heterocycles. The van der Waals surface area contributed by atoms with Crippen LogP contribution in [-0.2, 0) is 0 Å². The topological polar surface area (TPSA) is 21.3 Å². The van der Waals surface area contributed by atoms with E-state index in [1.165, 1.54) is 0 Å². The summed E-state index contributed by atoms with van der Waals surface area (Å²) in [5, 5.41) is 4.12. The number of halogens is 3. The maximum absolute atomic E-state index is 5.93. The lowest BCUT2D eigenvalue weighted by molar-refractivity contribution is 0.417. The van der Waals surface area contributed by atoms with Gasteiger partial charge in [0.15, 0.2) is 5.75 Å². The van der Waals surface area contributed by atoms with Crippen LogP contribution in [0, 0.1) is 0 Å². The van der Waals surface area contributed by atoms with Gasteiger partial charge in [-0.25, -0.2) is 0 Å². The fourth-order valence-electron chi connectivity index (χ4n) is 1.08. The molecule has 0 fully saturated rings. The first-order valence-electron chi connectivity index (χ1n) is 4.02. The maximum Gasteiger partial charge on any atom is 0.160 e. The minimum absolute atomic E-state index is 0.483. The molecule has 78 valence electrons. The van der Waals surface area contributed by atoms with Crippen LogP contribution < -0.4 is 10.1 Å². The molecule has 0 atom stereocenters. The van der Waals surface area contributed by atoms with E-state index in [-0.39, 0.29) is 0 Å². The Morgan fingerprint density at radius 1 is 1.36 bits per heavy atom. The van der Waals surface area contributed by atoms with Crippen molar-refractivity contribution in [2.45, 2.75) is 0 Å². The second-order valence-corrected chi connectivity index (χ2v) is 3.81. The number of alkyl halides is 1. The number of ether oxygens (including phenoxy) is 1. The summed E-state index contributed by atoms with van der Waals surface area (Å²) in [6.07, 6.45) is 0. The van der Waals surface area contributed by atoms with Crippen molar-refractivity contribution in [3.8, 4) is 5.75 Å². The summed E-state index contributed by atoms with van der Waals surface area (Å²) < 4.78 is 5.13. The molecule has 5 heteroatoms. The Labute approximate surface area is 98.1 Å². The predicted octanol–water partition coefficient (Wildman–Crippen LogP) is 3.65. The summed E-state index contributed by atoms with van der Waals surface area (Å²) in [5.74, 6) is 1.09. The molecule has 1 aromatic carbocycles. The molecule has 0 heterocycles. The number of nitrogens with one attached hydrogen (secondary N) is 1. The quantitative estimate of drug-likeness (QED) is 0.828. The highest BCUT2D eigenvalue weighted by molar-refractivity contribution is 6.36. The maximum atomic E-state index is 5.93. The Morgan fingerprint density at radius 3 is 2.64 bits per heavy atom. The zero-order chi connectivity index (χ0) is 10.6. The van der Waals surface area contributed by atoms with Crippen LogP contribution in [0.3, 0.4) is 0 Å². The van der Waals surface area contributed by atoms with Crippen LogP contribution in [0.5, 0.6) is 5.75 Å². The van der Waals surface area contributed by atoms with E-state index in [4.69, 9.17) is 39.5 Å². The second-order valence-electron chi connectivity index (χ2n) is 2.58. The van der Waals surface area contributed by atoms with Gasteiger partial charge in [0.05, 0.1) is 17.8 Å². The van der Waals surface area contributed by atoms with E-state index >= 15 is 0 Å². The smallest absolute Gasteiger partial charge is 0.160 e. The van der Waals surface area contributed by atoms with Gasteiger partial charge in [-0.2, -0.15) is 0 Å².